The zero-order chi connectivity index (χ0) is 10.5. The predicted molar refractivity (Wildman–Crippen MR) is 61.0 cm³/mol. The Balaban J connectivity index is 1.93. The molecule has 15 heavy (non-hydrogen) atoms. The third kappa shape index (κ3) is 0.791. The molecule has 4 heteroatoms. The van der Waals surface area contributed by atoms with Gasteiger partial charge in [0.1, 0.15) is 0 Å². The van der Waals surface area contributed by atoms with Gasteiger partial charge in [0.2, 0.25) is 0 Å². The van der Waals surface area contributed by atoms with Crippen LogP contribution in [0.1, 0.15) is 6.42 Å². The van der Waals surface area contributed by atoms with Crippen LogP contribution in [0.25, 0.3) is 0 Å². The van der Waals surface area contributed by atoms with E-state index in [0.29, 0.717) is 35.2 Å². The van der Waals surface area contributed by atoms with Gasteiger partial charge in [0, 0.05) is 11.8 Å². The van der Waals surface area contributed by atoms with Gasteiger partial charge in [-0.3, -0.25) is 9.59 Å². The molecule has 4 aliphatic rings. The minimum absolute atomic E-state index is 0.0284. The fourth-order valence-electron chi connectivity index (χ4n) is 4.85. The largest absolute Gasteiger partial charge is 0.298 e. The molecule has 0 aromatic rings. The normalized spacial score (nSPS) is 64.7. The van der Waals surface area contributed by atoms with E-state index >= 15 is 0 Å². The van der Waals surface area contributed by atoms with Gasteiger partial charge >= 0.3 is 0 Å². The monoisotopic (exact) mass is 332 g/mol. The number of hydrogen-bond acceptors (Lipinski definition) is 2. The van der Waals surface area contributed by atoms with Gasteiger partial charge < -0.3 is 0 Å². The smallest absolute Gasteiger partial charge is 0.150 e. The van der Waals surface area contributed by atoms with Crippen molar-refractivity contribution < 1.29 is 9.59 Å². The van der Waals surface area contributed by atoms with Crippen LogP contribution in [-0.2, 0) is 9.59 Å². The number of hydrogen-bond donors (Lipinski definition) is 0. The first-order chi connectivity index (χ1) is 7.13. The highest BCUT2D eigenvalue weighted by atomic mass is 79.9. The molecule has 8 atom stereocenters. The molecule has 6 unspecified atom stereocenters. The molecule has 0 aromatic carbocycles. The number of ketones is 2. The van der Waals surface area contributed by atoms with Crippen LogP contribution in [0, 0.1) is 35.5 Å². The molecule has 0 radical (unpaired) electrons. The quantitative estimate of drug-likeness (QED) is 0.633. The Hall–Kier alpha value is 0.300. The molecule has 0 spiro atoms. The van der Waals surface area contributed by atoms with E-state index in [1.807, 2.05) is 0 Å². The summed E-state index contributed by atoms with van der Waals surface area (Å²) in [5.74, 6) is 2.63. The van der Waals surface area contributed by atoms with Crippen molar-refractivity contribution in [1.82, 2.24) is 0 Å². The molecule has 80 valence electrons. The first kappa shape index (κ1) is 9.34. The molecule has 0 aromatic heterocycles. The summed E-state index contributed by atoms with van der Waals surface area (Å²) in [5.41, 5.74) is 0. The van der Waals surface area contributed by atoms with Gasteiger partial charge in [-0.15, -0.1) is 0 Å². The highest BCUT2D eigenvalue weighted by Crippen LogP contribution is 2.70. The minimum Gasteiger partial charge on any atom is -0.298 e. The van der Waals surface area contributed by atoms with Crippen molar-refractivity contribution in [2.45, 2.75) is 16.1 Å². The van der Waals surface area contributed by atoms with Crippen molar-refractivity contribution >= 4 is 43.4 Å². The minimum atomic E-state index is 0.0284. The van der Waals surface area contributed by atoms with E-state index in [4.69, 9.17) is 0 Å². The van der Waals surface area contributed by atoms with Gasteiger partial charge in [0.15, 0.2) is 11.6 Å². The molecule has 4 saturated carbocycles. The fraction of sp³-hybridized carbons (Fsp3) is 0.818. The average Bonchev–Trinajstić information content (AvgIpc) is 2.85. The molecular weight excluding hydrogens is 324 g/mol. The Morgan fingerprint density at radius 1 is 0.867 bits per heavy atom. The second-order valence-electron chi connectivity index (χ2n) is 5.38. The summed E-state index contributed by atoms with van der Waals surface area (Å²) in [6.07, 6.45) is 1.12. The molecule has 4 aliphatic carbocycles. The van der Waals surface area contributed by atoms with Crippen LogP contribution in [-0.4, -0.2) is 21.2 Å². The molecule has 0 heterocycles. The van der Waals surface area contributed by atoms with Crippen LogP contribution in [0.15, 0.2) is 0 Å². The molecular formula is C11H10Br2O2. The SMILES string of the molecule is O=C1C2C3CC4C2C(=O)[C@H](Br)C4C3[C@@H]1Br. The average molecular weight is 334 g/mol. The molecule has 2 bridgehead atoms. The van der Waals surface area contributed by atoms with Gasteiger partial charge in [0.25, 0.3) is 0 Å². The van der Waals surface area contributed by atoms with E-state index in [0.717, 1.165) is 6.42 Å². The summed E-state index contributed by atoms with van der Waals surface area (Å²) in [5, 5.41) is 0. The number of halogens is 2. The molecule has 0 aliphatic heterocycles. The van der Waals surface area contributed by atoms with Crippen LogP contribution in [0.2, 0.25) is 0 Å². The Morgan fingerprint density at radius 3 is 1.67 bits per heavy atom. The van der Waals surface area contributed by atoms with Crippen LogP contribution in [0.3, 0.4) is 0 Å². The van der Waals surface area contributed by atoms with Crippen LogP contribution >= 0.6 is 31.9 Å². The van der Waals surface area contributed by atoms with Gasteiger partial charge in [-0.25, -0.2) is 0 Å². The number of carbonyl (C=O) groups excluding carboxylic acids is 2. The van der Waals surface area contributed by atoms with Crippen molar-refractivity contribution in [2.24, 2.45) is 35.5 Å². The van der Waals surface area contributed by atoms with E-state index in [1.165, 1.54) is 0 Å². The molecule has 0 amide bonds. The fourth-order valence-corrected chi connectivity index (χ4v) is 6.95. The van der Waals surface area contributed by atoms with Gasteiger partial charge in [-0.05, 0) is 30.1 Å². The van der Waals surface area contributed by atoms with Crippen molar-refractivity contribution in [2.75, 3.05) is 0 Å². The van der Waals surface area contributed by atoms with E-state index in [-0.39, 0.29) is 21.5 Å². The first-order valence-electron chi connectivity index (χ1n) is 5.48. The summed E-state index contributed by atoms with van der Waals surface area (Å²) >= 11 is 7.09. The van der Waals surface area contributed by atoms with Crippen molar-refractivity contribution in [3.8, 4) is 0 Å². The Labute approximate surface area is 104 Å². The van der Waals surface area contributed by atoms with Crippen LogP contribution in [0.5, 0.6) is 0 Å². The highest BCUT2D eigenvalue weighted by molar-refractivity contribution is 9.10. The maximum Gasteiger partial charge on any atom is 0.150 e. The Kier molecular flexibility index (Phi) is 1.61. The number of alkyl halides is 2. The zero-order valence-corrected chi connectivity index (χ0v) is 11.1. The van der Waals surface area contributed by atoms with Crippen LogP contribution < -0.4 is 0 Å². The summed E-state index contributed by atoms with van der Waals surface area (Å²) in [7, 11) is 0. The third-order valence-corrected chi connectivity index (χ3v) is 7.29. The summed E-state index contributed by atoms with van der Waals surface area (Å²) in [6.45, 7) is 0. The van der Waals surface area contributed by atoms with E-state index in [9.17, 15) is 9.59 Å². The lowest BCUT2D eigenvalue weighted by Crippen LogP contribution is -2.29. The summed E-state index contributed by atoms with van der Waals surface area (Å²) in [4.78, 5) is 24.2. The second kappa shape index (κ2) is 2.58. The van der Waals surface area contributed by atoms with E-state index in [2.05, 4.69) is 31.9 Å². The zero-order valence-electron chi connectivity index (χ0n) is 7.90. The standard InChI is InChI=1S/C11H10Br2O2/c12-8-4-2-1-3-5(4)9(13)11(15)7(3)6(2)10(8)14/h2-9H,1H2/t2?,3?,4?,5?,6?,7?,8-,9+. The highest BCUT2D eigenvalue weighted by Gasteiger charge is 2.74. The van der Waals surface area contributed by atoms with E-state index < -0.39 is 0 Å². The number of Topliss-reactive ketones (excluding diaryl/α,β-unsaturated/α-hetero) is 2. The maximum absolute atomic E-state index is 12.1. The Bertz CT molecular complexity index is 358. The lowest BCUT2D eigenvalue weighted by atomic mass is 9.79. The van der Waals surface area contributed by atoms with Gasteiger partial charge in [-0.2, -0.15) is 0 Å². The van der Waals surface area contributed by atoms with Crippen LogP contribution in [0.4, 0.5) is 0 Å². The van der Waals surface area contributed by atoms with Gasteiger partial charge in [0.05, 0.1) is 9.65 Å². The van der Waals surface area contributed by atoms with Crippen molar-refractivity contribution in [3.63, 3.8) is 0 Å². The molecule has 0 saturated heterocycles. The second-order valence-corrected chi connectivity index (χ2v) is 7.35. The maximum atomic E-state index is 12.1. The Morgan fingerprint density at radius 2 is 1.27 bits per heavy atom. The number of rotatable bonds is 0. The predicted octanol–water partition coefficient (Wildman–Crippen LogP) is 1.79. The number of carbonyl (C=O) groups is 2. The number of fused-ring (bicyclic) bond motifs is 2. The molecule has 4 rings (SSSR count). The first-order valence-corrected chi connectivity index (χ1v) is 7.31. The molecule has 0 N–H and O–H groups in total. The van der Waals surface area contributed by atoms with E-state index in [1.54, 1.807) is 0 Å². The summed E-state index contributed by atoms with van der Waals surface area (Å²) < 4.78 is 0. The van der Waals surface area contributed by atoms with Crippen molar-refractivity contribution in [3.05, 3.63) is 0 Å². The lowest BCUT2D eigenvalue weighted by Gasteiger charge is -2.25. The van der Waals surface area contributed by atoms with Gasteiger partial charge in [-0.1, -0.05) is 31.9 Å². The topological polar surface area (TPSA) is 34.1 Å². The third-order valence-electron chi connectivity index (χ3n) is 5.16. The molecule has 2 nitrogen and oxygen atoms in total. The van der Waals surface area contributed by atoms with Crippen molar-refractivity contribution in [1.29, 1.82) is 0 Å². The summed E-state index contributed by atoms with van der Waals surface area (Å²) in [6, 6.07) is 0. The lowest BCUT2D eigenvalue weighted by molar-refractivity contribution is -0.128. The molecule has 4 fully saturated rings.